The van der Waals surface area contributed by atoms with Crippen LogP contribution in [-0.2, 0) is 11.3 Å². The van der Waals surface area contributed by atoms with E-state index in [1.165, 1.54) is 11.3 Å². The molecule has 0 aromatic carbocycles. The van der Waals surface area contributed by atoms with Crippen LogP contribution < -0.4 is 5.32 Å². The number of thiophene rings is 1. The molecule has 0 saturated carbocycles. The van der Waals surface area contributed by atoms with Crippen molar-refractivity contribution >= 4 is 23.2 Å². The van der Waals surface area contributed by atoms with Crippen molar-refractivity contribution < 1.29 is 14.0 Å². The van der Waals surface area contributed by atoms with Crippen LogP contribution in [0.4, 0.5) is 0 Å². The van der Waals surface area contributed by atoms with E-state index in [0.717, 1.165) is 43.0 Å². The van der Waals surface area contributed by atoms with Crippen molar-refractivity contribution in [3.05, 3.63) is 46.0 Å². The summed E-state index contributed by atoms with van der Waals surface area (Å²) in [6.07, 6.45) is 1.73. The zero-order valence-corrected chi connectivity index (χ0v) is 16.1. The second-order valence-electron chi connectivity index (χ2n) is 6.80. The third-order valence-electron chi connectivity index (χ3n) is 4.68. The average Bonchev–Trinajstić information content (AvgIpc) is 3.28. The Balaban J connectivity index is 1.40. The Morgan fingerprint density at radius 1 is 1.31 bits per heavy atom. The van der Waals surface area contributed by atoms with Gasteiger partial charge in [-0.05, 0) is 43.3 Å². The molecular formula is C19H25N3O3S. The van der Waals surface area contributed by atoms with Gasteiger partial charge in [0, 0.05) is 37.1 Å². The first-order valence-electron chi connectivity index (χ1n) is 8.86. The molecule has 3 heterocycles. The summed E-state index contributed by atoms with van der Waals surface area (Å²) in [7, 11) is 1.80. The zero-order chi connectivity index (χ0) is 18.5. The van der Waals surface area contributed by atoms with Crippen molar-refractivity contribution in [2.24, 2.45) is 0 Å². The molecule has 1 aliphatic rings. The topological polar surface area (TPSA) is 65.8 Å². The van der Waals surface area contributed by atoms with E-state index in [1.54, 1.807) is 11.9 Å². The maximum Gasteiger partial charge on any atom is 0.252 e. The highest BCUT2D eigenvalue weighted by molar-refractivity contribution is 7.08. The smallest absolute Gasteiger partial charge is 0.252 e. The minimum atomic E-state index is -0.00532. The van der Waals surface area contributed by atoms with Gasteiger partial charge in [-0.25, -0.2) is 0 Å². The molecule has 2 aromatic heterocycles. The SMILES string of the molecule is Cc1ccc(CN(C)C(=O)CN2CCC(NC(=O)c3ccsc3)CC2)o1. The van der Waals surface area contributed by atoms with E-state index >= 15 is 0 Å². The largest absolute Gasteiger partial charge is 0.464 e. The molecular weight excluding hydrogens is 350 g/mol. The molecule has 7 heteroatoms. The molecule has 0 aliphatic carbocycles. The fourth-order valence-corrected chi connectivity index (χ4v) is 3.74. The predicted octanol–water partition coefficient (Wildman–Crippen LogP) is 2.50. The Hall–Kier alpha value is -2.12. The number of rotatable bonds is 6. The zero-order valence-electron chi connectivity index (χ0n) is 15.2. The molecule has 6 nitrogen and oxygen atoms in total. The van der Waals surface area contributed by atoms with Gasteiger partial charge in [0.15, 0.2) is 0 Å². The van der Waals surface area contributed by atoms with Gasteiger partial charge in [0.25, 0.3) is 5.91 Å². The molecule has 2 aromatic rings. The van der Waals surface area contributed by atoms with Gasteiger partial charge >= 0.3 is 0 Å². The number of carbonyl (C=O) groups is 2. The molecule has 1 saturated heterocycles. The van der Waals surface area contributed by atoms with Gasteiger partial charge in [0.2, 0.25) is 5.91 Å². The lowest BCUT2D eigenvalue weighted by atomic mass is 10.0. The summed E-state index contributed by atoms with van der Waals surface area (Å²) in [5.74, 6) is 1.73. The molecule has 1 fully saturated rings. The van der Waals surface area contributed by atoms with Crippen LogP contribution in [0.1, 0.15) is 34.7 Å². The van der Waals surface area contributed by atoms with Crippen molar-refractivity contribution in [3.8, 4) is 0 Å². The van der Waals surface area contributed by atoms with E-state index in [9.17, 15) is 9.59 Å². The van der Waals surface area contributed by atoms with Gasteiger partial charge in [-0.3, -0.25) is 14.5 Å². The quantitative estimate of drug-likeness (QED) is 0.842. The van der Waals surface area contributed by atoms with Crippen LogP contribution >= 0.6 is 11.3 Å². The van der Waals surface area contributed by atoms with Crippen LogP contribution in [-0.4, -0.2) is 54.3 Å². The second kappa shape index (κ2) is 8.51. The molecule has 0 unspecified atom stereocenters. The lowest BCUT2D eigenvalue weighted by Gasteiger charge is -2.32. The summed E-state index contributed by atoms with van der Waals surface area (Å²) in [5, 5.41) is 6.85. The molecule has 3 rings (SSSR count). The molecule has 0 bridgehead atoms. The molecule has 1 aliphatic heterocycles. The van der Waals surface area contributed by atoms with E-state index in [-0.39, 0.29) is 17.9 Å². The lowest BCUT2D eigenvalue weighted by Crippen LogP contribution is -2.47. The maximum atomic E-state index is 12.4. The highest BCUT2D eigenvalue weighted by Gasteiger charge is 2.23. The lowest BCUT2D eigenvalue weighted by molar-refractivity contribution is -0.132. The Morgan fingerprint density at radius 2 is 2.08 bits per heavy atom. The van der Waals surface area contributed by atoms with Crippen molar-refractivity contribution in [2.45, 2.75) is 32.4 Å². The number of nitrogens with zero attached hydrogens (tertiary/aromatic N) is 2. The Morgan fingerprint density at radius 3 is 2.69 bits per heavy atom. The number of furan rings is 1. The number of hydrogen-bond donors (Lipinski definition) is 1. The number of likely N-dealkylation sites (tertiary alicyclic amines) is 1. The fourth-order valence-electron chi connectivity index (χ4n) is 3.10. The Kier molecular flexibility index (Phi) is 6.11. The summed E-state index contributed by atoms with van der Waals surface area (Å²) in [6, 6.07) is 5.82. The number of hydrogen-bond acceptors (Lipinski definition) is 5. The van der Waals surface area contributed by atoms with E-state index in [0.29, 0.717) is 13.1 Å². The highest BCUT2D eigenvalue weighted by Crippen LogP contribution is 2.13. The second-order valence-corrected chi connectivity index (χ2v) is 7.58. The van der Waals surface area contributed by atoms with E-state index in [2.05, 4.69) is 10.2 Å². The maximum absolute atomic E-state index is 12.4. The molecule has 26 heavy (non-hydrogen) atoms. The van der Waals surface area contributed by atoms with E-state index < -0.39 is 0 Å². The van der Waals surface area contributed by atoms with Gasteiger partial charge in [-0.2, -0.15) is 11.3 Å². The predicted molar refractivity (Wildman–Crippen MR) is 101 cm³/mol. The van der Waals surface area contributed by atoms with Gasteiger partial charge in [-0.1, -0.05) is 0 Å². The standard InChI is InChI=1S/C19H25N3O3S/c1-14-3-4-17(25-14)11-21(2)18(23)12-22-8-5-16(6-9-22)20-19(24)15-7-10-26-13-15/h3-4,7,10,13,16H,5-6,8-9,11-12H2,1-2H3,(H,20,24). The van der Waals surface area contributed by atoms with Crippen LogP contribution in [0, 0.1) is 6.92 Å². The number of aryl methyl sites for hydroxylation is 1. The van der Waals surface area contributed by atoms with Crippen molar-refractivity contribution in [3.63, 3.8) is 0 Å². The minimum absolute atomic E-state index is 0.00532. The van der Waals surface area contributed by atoms with E-state index in [1.807, 2.05) is 35.9 Å². The summed E-state index contributed by atoms with van der Waals surface area (Å²) < 4.78 is 5.53. The number of likely N-dealkylation sites (N-methyl/N-ethyl adjacent to an activating group) is 1. The third-order valence-corrected chi connectivity index (χ3v) is 5.36. The number of piperidine rings is 1. The first-order chi connectivity index (χ1) is 12.5. The average molecular weight is 375 g/mol. The highest BCUT2D eigenvalue weighted by atomic mass is 32.1. The minimum Gasteiger partial charge on any atom is -0.464 e. The van der Waals surface area contributed by atoms with Gasteiger partial charge in [0.05, 0.1) is 13.1 Å². The first-order valence-corrected chi connectivity index (χ1v) is 9.80. The van der Waals surface area contributed by atoms with E-state index in [4.69, 9.17) is 4.42 Å². The fraction of sp³-hybridized carbons (Fsp3) is 0.474. The molecule has 0 spiro atoms. The molecule has 0 radical (unpaired) electrons. The molecule has 2 amide bonds. The van der Waals surface area contributed by atoms with Gasteiger partial charge in [0.1, 0.15) is 11.5 Å². The van der Waals surface area contributed by atoms with Crippen molar-refractivity contribution in [1.29, 1.82) is 0 Å². The van der Waals surface area contributed by atoms with Crippen LogP contribution in [0.25, 0.3) is 0 Å². The third kappa shape index (κ3) is 4.95. The van der Waals surface area contributed by atoms with Gasteiger partial charge in [-0.15, -0.1) is 0 Å². The van der Waals surface area contributed by atoms with Crippen LogP contribution in [0.3, 0.4) is 0 Å². The normalized spacial score (nSPS) is 15.8. The Bertz CT molecular complexity index is 733. The molecule has 0 atom stereocenters. The van der Waals surface area contributed by atoms with Crippen molar-refractivity contribution in [1.82, 2.24) is 15.1 Å². The number of amides is 2. The van der Waals surface area contributed by atoms with Crippen LogP contribution in [0.15, 0.2) is 33.4 Å². The number of carbonyl (C=O) groups excluding carboxylic acids is 2. The van der Waals surface area contributed by atoms with Crippen molar-refractivity contribution in [2.75, 3.05) is 26.7 Å². The number of nitrogens with one attached hydrogen (secondary N) is 1. The summed E-state index contributed by atoms with van der Waals surface area (Å²) in [5.41, 5.74) is 0.724. The van der Waals surface area contributed by atoms with Crippen LogP contribution in [0.5, 0.6) is 0 Å². The monoisotopic (exact) mass is 375 g/mol. The summed E-state index contributed by atoms with van der Waals surface area (Å²) in [4.78, 5) is 28.4. The Labute approximate surface area is 157 Å². The molecule has 1 N–H and O–H groups in total. The van der Waals surface area contributed by atoms with Gasteiger partial charge < -0.3 is 14.6 Å². The van der Waals surface area contributed by atoms with Crippen LogP contribution in [0.2, 0.25) is 0 Å². The first kappa shape index (κ1) is 18.7. The molecule has 140 valence electrons. The summed E-state index contributed by atoms with van der Waals surface area (Å²) >= 11 is 1.52. The summed E-state index contributed by atoms with van der Waals surface area (Å²) in [6.45, 7) is 4.41.